The first-order chi connectivity index (χ1) is 11.2. The molecule has 0 saturated carbocycles. The van der Waals surface area contributed by atoms with E-state index in [1.165, 1.54) is 4.31 Å². The van der Waals surface area contributed by atoms with E-state index in [0.29, 0.717) is 21.9 Å². The summed E-state index contributed by atoms with van der Waals surface area (Å²) in [6, 6.07) is 10.8. The summed E-state index contributed by atoms with van der Waals surface area (Å²) in [7, 11) is -2.09. The molecule has 0 fully saturated rings. The highest BCUT2D eigenvalue weighted by molar-refractivity contribution is 7.93. The maximum absolute atomic E-state index is 13.5. The monoisotopic (exact) mass is 347 g/mol. The number of aryl methyl sites for hydroxylation is 1. The molecule has 0 radical (unpaired) electrons. The predicted molar refractivity (Wildman–Crippen MR) is 98.4 cm³/mol. The average Bonchev–Trinajstić information content (AvgIpc) is 2.51. The number of methoxy groups -OCH3 is 1. The first-order valence-corrected chi connectivity index (χ1v) is 9.40. The van der Waals surface area contributed by atoms with Crippen LogP contribution in [-0.2, 0) is 10.0 Å². The Morgan fingerprint density at radius 2 is 1.58 bits per heavy atom. The lowest BCUT2D eigenvalue weighted by Crippen LogP contribution is -2.37. The third kappa shape index (κ3) is 3.13. The van der Waals surface area contributed by atoms with Gasteiger partial charge in [-0.2, -0.15) is 0 Å². The number of hydrogen-bond donors (Lipinski definition) is 0. The van der Waals surface area contributed by atoms with E-state index in [4.69, 9.17) is 4.74 Å². The van der Waals surface area contributed by atoms with Crippen molar-refractivity contribution in [1.29, 1.82) is 0 Å². The zero-order valence-corrected chi connectivity index (χ0v) is 15.9. The summed E-state index contributed by atoms with van der Waals surface area (Å²) < 4.78 is 33.7. The highest BCUT2D eigenvalue weighted by Gasteiger charge is 2.31. The fourth-order valence-electron chi connectivity index (χ4n) is 3.02. The zero-order valence-electron chi connectivity index (χ0n) is 15.1. The minimum absolute atomic E-state index is 0.196. The molecule has 0 aromatic heterocycles. The summed E-state index contributed by atoms with van der Waals surface area (Å²) in [5.74, 6) is 0.708. The average molecular weight is 347 g/mol. The van der Waals surface area contributed by atoms with E-state index in [0.717, 1.165) is 11.1 Å². The van der Waals surface area contributed by atoms with Crippen molar-refractivity contribution in [3.63, 3.8) is 0 Å². The van der Waals surface area contributed by atoms with Crippen LogP contribution in [0.5, 0.6) is 5.75 Å². The van der Waals surface area contributed by atoms with Crippen molar-refractivity contribution < 1.29 is 13.2 Å². The van der Waals surface area contributed by atoms with Gasteiger partial charge in [0.05, 0.1) is 17.7 Å². The second-order valence-corrected chi connectivity index (χ2v) is 7.96. The second-order valence-electron chi connectivity index (χ2n) is 6.21. The Hall–Kier alpha value is -2.01. The summed E-state index contributed by atoms with van der Waals surface area (Å²) in [5, 5.41) is 0. The van der Waals surface area contributed by atoms with Crippen LogP contribution < -0.4 is 9.04 Å². The van der Waals surface area contributed by atoms with E-state index < -0.39 is 10.0 Å². The van der Waals surface area contributed by atoms with Gasteiger partial charge in [-0.25, -0.2) is 8.42 Å². The van der Waals surface area contributed by atoms with Gasteiger partial charge >= 0.3 is 0 Å². The van der Waals surface area contributed by atoms with E-state index in [1.807, 2.05) is 65.0 Å². The molecule has 0 saturated heterocycles. The third-order valence-electron chi connectivity index (χ3n) is 4.19. The fourth-order valence-corrected chi connectivity index (χ4v) is 5.17. The molecule has 2 aromatic rings. The molecule has 0 bridgehead atoms. The molecule has 4 nitrogen and oxygen atoms in total. The Morgan fingerprint density at radius 1 is 1.00 bits per heavy atom. The molecule has 0 unspecified atom stereocenters. The molecular formula is C19H25NO3S. The third-order valence-corrected chi connectivity index (χ3v) is 6.49. The van der Waals surface area contributed by atoms with Crippen molar-refractivity contribution in [3.05, 3.63) is 53.1 Å². The van der Waals surface area contributed by atoms with Gasteiger partial charge in [0.1, 0.15) is 5.75 Å². The van der Waals surface area contributed by atoms with Crippen molar-refractivity contribution in [2.24, 2.45) is 0 Å². The standard InChI is InChI=1S/C19H25NO3S/c1-13(2)20(17-10-8-7-9-11-17)24(21,22)19-14(3)12-18(23-6)15(4)16(19)5/h7-13H,1-6H3. The van der Waals surface area contributed by atoms with Crippen molar-refractivity contribution in [2.45, 2.75) is 45.6 Å². The van der Waals surface area contributed by atoms with Gasteiger partial charge in [0, 0.05) is 6.04 Å². The van der Waals surface area contributed by atoms with Gasteiger partial charge < -0.3 is 4.74 Å². The minimum Gasteiger partial charge on any atom is -0.496 e. The SMILES string of the molecule is COc1cc(C)c(S(=O)(=O)N(c2ccccc2)C(C)C)c(C)c1C. The molecule has 0 aliphatic carbocycles. The summed E-state index contributed by atoms with van der Waals surface area (Å²) in [6.45, 7) is 9.29. The smallest absolute Gasteiger partial charge is 0.265 e. The van der Waals surface area contributed by atoms with Gasteiger partial charge in [0.2, 0.25) is 0 Å². The van der Waals surface area contributed by atoms with Crippen LogP contribution >= 0.6 is 0 Å². The van der Waals surface area contributed by atoms with Crippen LogP contribution in [0.4, 0.5) is 5.69 Å². The number of hydrogen-bond acceptors (Lipinski definition) is 3. The van der Waals surface area contributed by atoms with E-state index in [2.05, 4.69) is 0 Å². The number of nitrogens with zero attached hydrogens (tertiary/aromatic N) is 1. The molecule has 0 atom stereocenters. The molecule has 0 N–H and O–H groups in total. The largest absolute Gasteiger partial charge is 0.496 e. The van der Waals surface area contributed by atoms with Crippen molar-refractivity contribution in [3.8, 4) is 5.75 Å². The molecule has 24 heavy (non-hydrogen) atoms. The van der Waals surface area contributed by atoms with Gasteiger partial charge in [0.25, 0.3) is 10.0 Å². The molecule has 130 valence electrons. The molecule has 2 rings (SSSR count). The van der Waals surface area contributed by atoms with E-state index >= 15 is 0 Å². The van der Waals surface area contributed by atoms with Crippen LogP contribution in [0.1, 0.15) is 30.5 Å². The molecule has 5 heteroatoms. The Labute approximate surface area is 145 Å². The summed E-state index contributed by atoms with van der Waals surface area (Å²) in [6.07, 6.45) is 0. The number of para-hydroxylation sites is 1. The highest BCUT2D eigenvalue weighted by atomic mass is 32.2. The van der Waals surface area contributed by atoms with Crippen molar-refractivity contribution in [2.75, 3.05) is 11.4 Å². The lowest BCUT2D eigenvalue weighted by atomic mass is 10.1. The lowest BCUT2D eigenvalue weighted by molar-refractivity contribution is 0.410. The molecular weight excluding hydrogens is 322 g/mol. The maximum Gasteiger partial charge on any atom is 0.265 e. The molecule has 0 aliphatic heterocycles. The summed E-state index contributed by atoms with van der Waals surface area (Å²) in [5.41, 5.74) is 2.93. The van der Waals surface area contributed by atoms with Crippen LogP contribution in [0, 0.1) is 20.8 Å². The number of rotatable bonds is 5. The summed E-state index contributed by atoms with van der Waals surface area (Å²) in [4.78, 5) is 0.360. The van der Waals surface area contributed by atoms with E-state index in [9.17, 15) is 8.42 Å². The number of ether oxygens (including phenoxy) is 1. The molecule has 2 aromatic carbocycles. The fraction of sp³-hybridized carbons (Fsp3) is 0.368. The van der Waals surface area contributed by atoms with Crippen LogP contribution in [0.15, 0.2) is 41.3 Å². The Bertz CT molecular complexity index is 827. The molecule has 0 aliphatic rings. The second kappa shape index (κ2) is 6.85. The number of sulfonamides is 1. The minimum atomic E-state index is -3.68. The Kier molecular flexibility index (Phi) is 5.23. The maximum atomic E-state index is 13.5. The van der Waals surface area contributed by atoms with Crippen molar-refractivity contribution >= 4 is 15.7 Å². The van der Waals surface area contributed by atoms with Gasteiger partial charge in [0.15, 0.2) is 0 Å². The van der Waals surface area contributed by atoms with Crippen LogP contribution in [0.2, 0.25) is 0 Å². The summed E-state index contributed by atoms with van der Waals surface area (Å²) >= 11 is 0. The quantitative estimate of drug-likeness (QED) is 0.813. The van der Waals surface area contributed by atoms with Crippen LogP contribution in [0.25, 0.3) is 0 Å². The van der Waals surface area contributed by atoms with Gasteiger partial charge in [-0.05, 0) is 69.5 Å². The molecule has 0 heterocycles. The highest BCUT2D eigenvalue weighted by Crippen LogP contribution is 2.34. The molecule has 0 amide bonds. The first-order valence-electron chi connectivity index (χ1n) is 7.96. The Morgan fingerprint density at radius 3 is 2.08 bits per heavy atom. The van der Waals surface area contributed by atoms with Crippen molar-refractivity contribution in [1.82, 2.24) is 0 Å². The lowest BCUT2D eigenvalue weighted by Gasteiger charge is -2.30. The van der Waals surface area contributed by atoms with E-state index in [-0.39, 0.29) is 6.04 Å². The van der Waals surface area contributed by atoms with Crippen LogP contribution in [-0.4, -0.2) is 21.6 Å². The van der Waals surface area contributed by atoms with Crippen LogP contribution in [0.3, 0.4) is 0 Å². The molecule has 0 spiro atoms. The first kappa shape index (κ1) is 18.3. The zero-order chi connectivity index (χ0) is 18.1. The van der Waals surface area contributed by atoms with Gasteiger partial charge in [-0.1, -0.05) is 18.2 Å². The number of anilines is 1. The predicted octanol–water partition coefficient (Wildman–Crippen LogP) is 4.22. The Balaban J connectivity index is 2.72. The van der Waals surface area contributed by atoms with E-state index in [1.54, 1.807) is 13.2 Å². The van der Waals surface area contributed by atoms with Gasteiger partial charge in [-0.3, -0.25) is 4.31 Å². The topological polar surface area (TPSA) is 46.6 Å². The van der Waals surface area contributed by atoms with Gasteiger partial charge in [-0.15, -0.1) is 0 Å². The normalized spacial score (nSPS) is 11.6. The number of benzene rings is 2.